The molecular formula is C18H39NS. The molecule has 0 aliphatic heterocycles. The van der Waals surface area contributed by atoms with Gasteiger partial charge in [0.05, 0.1) is 0 Å². The Balaban J connectivity index is 3.56. The number of thioether (sulfide) groups is 1. The summed E-state index contributed by atoms with van der Waals surface area (Å²) in [7, 11) is 0. The average molecular weight is 302 g/mol. The van der Waals surface area contributed by atoms with Gasteiger partial charge in [0.1, 0.15) is 0 Å². The molecule has 0 amide bonds. The Kier molecular flexibility index (Phi) is 17.6. The maximum absolute atomic E-state index is 3.82. The smallest absolute Gasteiger partial charge is 0.00670 e. The van der Waals surface area contributed by atoms with Gasteiger partial charge in [0, 0.05) is 6.04 Å². The van der Waals surface area contributed by atoms with E-state index in [2.05, 4.69) is 25.4 Å². The summed E-state index contributed by atoms with van der Waals surface area (Å²) in [6.45, 7) is 5.84. The molecule has 0 aromatic carbocycles. The van der Waals surface area contributed by atoms with Gasteiger partial charge in [-0.25, -0.2) is 0 Å². The van der Waals surface area contributed by atoms with E-state index in [1.165, 1.54) is 89.3 Å². The molecule has 0 aliphatic rings. The molecule has 0 aromatic heterocycles. The first-order valence-corrected chi connectivity index (χ1v) is 10.5. The van der Waals surface area contributed by atoms with E-state index in [0.717, 1.165) is 6.04 Å². The molecule has 0 rings (SSSR count). The van der Waals surface area contributed by atoms with Crippen LogP contribution in [0, 0.1) is 0 Å². The number of rotatable bonds is 16. The Morgan fingerprint density at radius 3 is 1.90 bits per heavy atom. The molecule has 2 heteroatoms. The van der Waals surface area contributed by atoms with Crippen LogP contribution in [-0.4, -0.2) is 24.6 Å². The van der Waals surface area contributed by atoms with Crippen molar-refractivity contribution in [2.75, 3.05) is 18.6 Å². The van der Waals surface area contributed by atoms with Crippen LogP contribution < -0.4 is 5.32 Å². The molecule has 0 heterocycles. The minimum Gasteiger partial charge on any atom is -0.314 e. The van der Waals surface area contributed by atoms with Crippen molar-refractivity contribution in [3.8, 4) is 0 Å². The van der Waals surface area contributed by atoms with Gasteiger partial charge in [0.2, 0.25) is 0 Å². The van der Waals surface area contributed by atoms with Gasteiger partial charge in [-0.1, -0.05) is 65.2 Å². The molecule has 1 N–H and O–H groups in total. The molecule has 20 heavy (non-hydrogen) atoms. The van der Waals surface area contributed by atoms with Crippen LogP contribution in [0.1, 0.15) is 90.9 Å². The summed E-state index contributed by atoms with van der Waals surface area (Å²) in [5, 5.41) is 3.82. The molecule has 0 fully saturated rings. The van der Waals surface area contributed by atoms with E-state index in [0.29, 0.717) is 0 Å². The third-order valence-corrected chi connectivity index (χ3v) is 4.72. The van der Waals surface area contributed by atoms with Gasteiger partial charge >= 0.3 is 0 Å². The maximum Gasteiger partial charge on any atom is 0.00670 e. The van der Waals surface area contributed by atoms with Crippen molar-refractivity contribution in [2.45, 2.75) is 96.9 Å². The van der Waals surface area contributed by atoms with Crippen LogP contribution in [-0.2, 0) is 0 Å². The normalized spacial score (nSPS) is 11.4. The number of hydrogen-bond donors (Lipinski definition) is 1. The van der Waals surface area contributed by atoms with E-state index in [4.69, 9.17) is 0 Å². The third kappa shape index (κ3) is 14.7. The summed E-state index contributed by atoms with van der Waals surface area (Å²) in [6.07, 6.45) is 18.9. The Labute approximate surface area is 133 Å². The molecule has 0 radical (unpaired) electrons. The molecule has 0 bridgehead atoms. The minimum absolute atomic E-state index is 0.791. The highest BCUT2D eigenvalue weighted by Crippen LogP contribution is 2.11. The van der Waals surface area contributed by atoms with Crippen LogP contribution in [0.5, 0.6) is 0 Å². The molecular weight excluding hydrogens is 262 g/mol. The van der Waals surface area contributed by atoms with Crippen LogP contribution in [0.2, 0.25) is 0 Å². The second-order valence-corrected chi connectivity index (χ2v) is 7.04. The van der Waals surface area contributed by atoms with E-state index in [1.54, 1.807) is 0 Å². The van der Waals surface area contributed by atoms with Crippen LogP contribution in [0.4, 0.5) is 0 Å². The maximum atomic E-state index is 3.82. The van der Waals surface area contributed by atoms with Crippen molar-refractivity contribution < 1.29 is 0 Å². The van der Waals surface area contributed by atoms with E-state index in [1.807, 2.05) is 11.8 Å². The van der Waals surface area contributed by atoms with Gasteiger partial charge in [-0.05, 0) is 44.2 Å². The first kappa shape index (κ1) is 20.3. The largest absolute Gasteiger partial charge is 0.314 e. The minimum atomic E-state index is 0.791. The van der Waals surface area contributed by atoms with Gasteiger partial charge in [0.25, 0.3) is 0 Å². The van der Waals surface area contributed by atoms with Crippen molar-refractivity contribution in [3.05, 3.63) is 0 Å². The van der Waals surface area contributed by atoms with Crippen LogP contribution >= 0.6 is 11.8 Å². The fraction of sp³-hybridized carbons (Fsp3) is 1.00. The number of unbranched alkanes of at least 4 members (excludes halogenated alkanes) is 7. The molecule has 0 saturated heterocycles. The standard InChI is InChI=1S/C18H39NS/c1-4-6-10-14-18(15-11-7-5-2)19-16-12-8-9-13-17-20-3/h18-19H,4-17H2,1-3H3. The van der Waals surface area contributed by atoms with Crippen LogP contribution in [0.3, 0.4) is 0 Å². The summed E-state index contributed by atoms with van der Waals surface area (Å²) < 4.78 is 0. The lowest BCUT2D eigenvalue weighted by molar-refractivity contribution is 0.413. The topological polar surface area (TPSA) is 12.0 Å². The van der Waals surface area contributed by atoms with Crippen molar-refractivity contribution >= 4 is 11.8 Å². The molecule has 0 aliphatic carbocycles. The van der Waals surface area contributed by atoms with Crippen molar-refractivity contribution in [1.82, 2.24) is 5.32 Å². The summed E-state index contributed by atoms with van der Waals surface area (Å²) in [5.41, 5.74) is 0. The second kappa shape index (κ2) is 17.4. The summed E-state index contributed by atoms with van der Waals surface area (Å²) >= 11 is 1.98. The van der Waals surface area contributed by atoms with Gasteiger partial charge in [-0.2, -0.15) is 11.8 Å². The Bertz CT molecular complexity index is 163. The summed E-state index contributed by atoms with van der Waals surface area (Å²) in [5.74, 6) is 1.34. The zero-order chi connectivity index (χ0) is 14.9. The molecule has 122 valence electrons. The highest BCUT2D eigenvalue weighted by atomic mass is 32.2. The molecule has 0 atom stereocenters. The summed E-state index contributed by atoms with van der Waals surface area (Å²) in [6, 6.07) is 0.791. The van der Waals surface area contributed by atoms with Gasteiger partial charge < -0.3 is 5.32 Å². The Hall–Kier alpha value is 0.310. The second-order valence-electron chi connectivity index (χ2n) is 6.05. The third-order valence-electron chi connectivity index (χ3n) is 4.02. The monoisotopic (exact) mass is 301 g/mol. The fourth-order valence-corrected chi connectivity index (χ4v) is 3.15. The average Bonchev–Trinajstić information content (AvgIpc) is 2.46. The predicted molar refractivity (Wildman–Crippen MR) is 96.9 cm³/mol. The quantitative estimate of drug-likeness (QED) is 0.349. The molecule has 0 aromatic rings. The van der Waals surface area contributed by atoms with Crippen molar-refractivity contribution in [1.29, 1.82) is 0 Å². The van der Waals surface area contributed by atoms with E-state index in [9.17, 15) is 0 Å². The van der Waals surface area contributed by atoms with Gasteiger partial charge in [-0.15, -0.1) is 0 Å². The predicted octanol–water partition coefficient (Wildman–Crippen LogP) is 6.03. The molecule has 1 nitrogen and oxygen atoms in total. The van der Waals surface area contributed by atoms with Gasteiger partial charge in [0.15, 0.2) is 0 Å². The molecule has 0 spiro atoms. The summed E-state index contributed by atoms with van der Waals surface area (Å²) in [4.78, 5) is 0. The highest BCUT2D eigenvalue weighted by Gasteiger charge is 2.06. The van der Waals surface area contributed by atoms with Gasteiger partial charge in [-0.3, -0.25) is 0 Å². The molecule has 0 saturated carbocycles. The lowest BCUT2D eigenvalue weighted by atomic mass is 10.0. The number of nitrogens with one attached hydrogen (secondary N) is 1. The van der Waals surface area contributed by atoms with Crippen LogP contribution in [0.15, 0.2) is 0 Å². The van der Waals surface area contributed by atoms with Crippen molar-refractivity contribution in [2.24, 2.45) is 0 Å². The van der Waals surface area contributed by atoms with Crippen LogP contribution in [0.25, 0.3) is 0 Å². The van der Waals surface area contributed by atoms with Crippen molar-refractivity contribution in [3.63, 3.8) is 0 Å². The fourth-order valence-electron chi connectivity index (χ4n) is 2.66. The Morgan fingerprint density at radius 1 is 0.750 bits per heavy atom. The first-order valence-electron chi connectivity index (χ1n) is 9.07. The van der Waals surface area contributed by atoms with E-state index < -0.39 is 0 Å². The molecule has 0 unspecified atom stereocenters. The highest BCUT2D eigenvalue weighted by molar-refractivity contribution is 7.98. The first-order chi connectivity index (χ1) is 9.85. The lowest BCUT2D eigenvalue weighted by Crippen LogP contribution is -2.30. The van der Waals surface area contributed by atoms with E-state index in [-0.39, 0.29) is 0 Å². The van der Waals surface area contributed by atoms with E-state index >= 15 is 0 Å². The number of hydrogen-bond acceptors (Lipinski definition) is 2. The SMILES string of the molecule is CCCCCC(CCCCC)NCCCCCCSC. The zero-order valence-corrected chi connectivity index (χ0v) is 15.2. The zero-order valence-electron chi connectivity index (χ0n) is 14.4. The lowest BCUT2D eigenvalue weighted by Gasteiger charge is -2.18. The Morgan fingerprint density at radius 2 is 1.35 bits per heavy atom.